The number of fused-ring (bicyclic) bond motifs is 1. The van der Waals surface area contributed by atoms with Crippen molar-refractivity contribution in [3.63, 3.8) is 0 Å². The number of amides is 1. The summed E-state index contributed by atoms with van der Waals surface area (Å²) >= 11 is 17.3. The molecule has 5 nitrogen and oxygen atoms in total. The van der Waals surface area contributed by atoms with Crippen LogP contribution in [0.15, 0.2) is 65.1 Å². The van der Waals surface area contributed by atoms with E-state index in [1.807, 2.05) is 30.3 Å². The molecule has 33 heavy (non-hydrogen) atoms. The number of benzene rings is 3. The third kappa shape index (κ3) is 5.36. The standard InChI is InChI=1S/C25H21Cl2N3O2S/c1-3-14(2)15-7-10-22-21(12-15)29-24(32-22)16-5-4-6-18(11-16)28-25(33)30-23(31)19-9-8-17(26)13-20(19)27/h4-14H,3H2,1-2H3,(H2,28,30,31,33). The first-order valence-corrected chi connectivity index (χ1v) is 11.6. The smallest absolute Gasteiger partial charge is 0.258 e. The zero-order valence-corrected chi connectivity index (χ0v) is 20.3. The molecule has 0 saturated carbocycles. The van der Waals surface area contributed by atoms with Crippen LogP contribution in [0.4, 0.5) is 5.69 Å². The lowest BCUT2D eigenvalue weighted by Crippen LogP contribution is -2.34. The number of aromatic nitrogens is 1. The molecule has 1 atom stereocenters. The van der Waals surface area contributed by atoms with Gasteiger partial charge in [0.15, 0.2) is 10.7 Å². The summed E-state index contributed by atoms with van der Waals surface area (Å²) in [4.78, 5) is 17.1. The van der Waals surface area contributed by atoms with E-state index in [4.69, 9.17) is 39.8 Å². The highest BCUT2D eigenvalue weighted by atomic mass is 35.5. The van der Waals surface area contributed by atoms with E-state index in [1.54, 1.807) is 12.1 Å². The predicted molar refractivity (Wildman–Crippen MR) is 138 cm³/mol. The Hall–Kier alpha value is -2.93. The molecule has 0 aliphatic carbocycles. The van der Waals surface area contributed by atoms with Crippen molar-refractivity contribution in [3.05, 3.63) is 81.8 Å². The van der Waals surface area contributed by atoms with Crippen LogP contribution in [0, 0.1) is 0 Å². The second-order valence-corrected chi connectivity index (χ2v) is 8.92. The number of oxazole rings is 1. The molecule has 3 aromatic carbocycles. The van der Waals surface area contributed by atoms with E-state index < -0.39 is 5.91 Å². The number of carbonyl (C=O) groups is 1. The Balaban J connectivity index is 1.49. The van der Waals surface area contributed by atoms with Gasteiger partial charge < -0.3 is 9.73 Å². The molecule has 0 aliphatic rings. The molecule has 0 spiro atoms. The number of hydrogen-bond donors (Lipinski definition) is 2. The number of hydrogen-bond acceptors (Lipinski definition) is 4. The highest BCUT2D eigenvalue weighted by Crippen LogP contribution is 2.29. The zero-order chi connectivity index (χ0) is 23.5. The molecule has 168 valence electrons. The molecule has 0 bridgehead atoms. The Bertz CT molecular complexity index is 1350. The molecular weight excluding hydrogens is 477 g/mol. The van der Waals surface area contributed by atoms with E-state index in [1.165, 1.54) is 11.6 Å². The fourth-order valence-corrected chi connectivity index (χ4v) is 4.05. The number of nitrogens with zero attached hydrogens (tertiary/aromatic N) is 1. The van der Waals surface area contributed by atoms with Crippen molar-refractivity contribution in [2.24, 2.45) is 0 Å². The maximum absolute atomic E-state index is 12.5. The number of anilines is 1. The minimum absolute atomic E-state index is 0.138. The van der Waals surface area contributed by atoms with Crippen LogP contribution < -0.4 is 10.6 Å². The van der Waals surface area contributed by atoms with Crippen LogP contribution in [0.5, 0.6) is 0 Å². The van der Waals surface area contributed by atoms with Crippen molar-refractivity contribution >= 4 is 63.2 Å². The second kappa shape index (κ2) is 9.91. The second-order valence-electron chi connectivity index (χ2n) is 7.67. The van der Waals surface area contributed by atoms with E-state index in [0.29, 0.717) is 22.5 Å². The molecular formula is C25H21Cl2N3O2S. The van der Waals surface area contributed by atoms with E-state index >= 15 is 0 Å². The number of carbonyl (C=O) groups excluding carboxylic acids is 1. The van der Waals surface area contributed by atoms with Crippen LogP contribution in [0.2, 0.25) is 10.0 Å². The van der Waals surface area contributed by atoms with Crippen LogP contribution in [-0.4, -0.2) is 16.0 Å². The van der Waals surface area contributed by atoms with Crippen LogP contribution in [-0.2, 0) is 0 Å². The third-order valence-electron chi connectivity index (χ3n) is 5.36. The van der Waals surface area contributed by atoms with Gasteiger partial charge in [-0.25, -0.2) is 4.98 Å². The maximum Gasteiger partial charge on any atom is 0.258 e. The van der Waals surface area contributed by atoms with Crippen molar-refractivity contribution in [3.8, 4) is 11.5 Å². The fourth-order valence-electron chi connectivity index (χ4n) is 3.35. The summed E-state index contributed by atoms with van der Waals surface area (Å²) < 4.78 is 5.96. The van der Waals surface area contributed by atoms with Gasteiger partial charge in [0.05, 0.1) is 10.6 Å². The summed E-state index contributed by atoms with van der Waals surface area (Å²) in [6.45, 7) is 4.36. The molecule has 0 fully saturated rings. The van der Waals surface area contributed by atoms with Gasteiger partial charge in [0, 0.05) is 16.3 Å². The molecule has 4 aromatic rings. The molecule has 0 aliphatic heterocycles. The summed E-state index contributed by atoms with van der Waals surface area (Å²) in [7, 11) is 0. The van der Waals surface area contributed by atoms with Crippen LogP contribution >= 0.6 is 35.4 Å². The summed E-state index contributed by atoms with van der Waals surface area (Å²) in [6, 6.07) is 18.2. The molecule has 1 unspecified atom stereocenters. The van der Waals surface area contributed by atoms with Crippen molar-refractivity contribution in [2.45, 2.75) is 26.2 Å². The Morgan fingerprint density at radius 1 is 1.12 bits per heavy atom. The summed E-state index contributed by atoms with van der Waals surface area (Å²) in [5.74, 6) is 0.542. The molecule has 1 amide bonds. The molecule has 2 N–H and O–H groups in total. The largest absolute Gasteiger partial charge is 0.436 e. The van der Waals surface area contributed by atoms with Gasteiger partial charge in [-0.15, -0.1) is 0 Å². The number of halogens is 2. The molecule has 1 aromatic heterocycles. The van der Waals surface area contributed by atoms with Crippen molar-refractivity contribution in [2.75, 3.05) is 5.32 Å². The Morgan fingerprint density at radius 3 is 2.70 bits per heavy atom. The SMILES string of the molecule is CCC(C)c1ccc2oc(-c3cccc(NC(=S)NC(=O)c4ccc(Cl)cc4Cl)c3)nc2c1. The average Bonchev–Trinajstić information content (AvgIpc) is 3.22. The van der Waals surface area contributed by atoms with Gasteiger partial charge in [0.1, 0.15) is 5.52 Å². The molecule has 0 radical (unpaired) electrons. The van der Waals surface area contributed by atoms with Crippen LogP contribution in [0.25, 0.3) is 22.6 Å². The highest BCUT2D eigenvalue weighted by molar-refractivity contribution is 7.80. The molecule has 0 saturated heterocycles. The predicted octanol–water partition coefficient (Wildman–Crippen LogP) is 7.44. The van der Waals surface area contributed by atoms with Gasteiger partial charge >= 0.3 is 0 Å². The van der Waals surface area contributed by atoms with Crippen LogP contribution in [0.3, 0.4) is 0 Å². The van der Waals surface area contributed by atoms with Gasteiger partial charge in [-0.2, -0.15) is 0 Å². The molecule has 1 heterocycles. The van der Waals surface area contributed by atoms with E-state index in [0.717, 1.165) is 23.1 Å². The van der Waals surface area contributed by atoms with Gasteiger partial charge in [0.25, 0.3) is 5.91 Å². The quantitative estimate of drug-likeness (QED) is 0.280. The van der Waals surface area contributed by atoms with Gasteiger partial charge in [0.2, 0.25) is 5.89 Å². The lowest BCUT2D eigenvalue weighted by atomic mass is 9.98. The number of thiocarbonyl (C=S) groups is 1. The van der Waals surface area contributed by atoms with Gasteiger partial charge in [-0.3, -0.25) is 10.1 Å². The summed E-state index contributed by atoms with van der Waals surface area (Å²) in [6.07, 6.45) is 1.06. The number of rotatable bonds is 5. The van der Waals surface area contributed by atoms with E-state index in [-0.39, 0.29) is 15.7 Å². The first-order chi connectivity index (χ1) is 15.8. The van der Waals surface area contributed by atoms with Crippen molar-refractivity contribution in [1.82, 2.24) is 10.3 Å². The number of nitrogens with one attached hydrogen (secondary N) is 2. The first kappa shape index (κ1) is 23.2. The van der Waals surface area contributed by atoms with Gasteiger partial charge in [-0.05, 0) is 78.7 Å². The minimum Gasteiger partial charge on any atom is -0.436 e. The average molecular weight is 498 g/mol. The lowest BCUT2D eigenvalue weighted by molar-refractivity contribution is 0.0978. The topological polar surface area (TPSA) is 67.2 Å². The van der Waals surface area contributed by atoms with Gasteiger partial charge in [-0.1, -0.05) is 49.2 Å². The first-order valence-electron chi connectivity index (χ1n) is 10.4. The zero-order valence-electron chi connectivity index (χ0n) is 18.0. The summed E-state index contributed by atoms with van der Waals surface area (Å²) in [5.41, 5.74) is 4.55. The molecule has 8 heteroatoms. The lowest BCUT2D eigenvalue weighted by Gasteiger charge is -2.11. The Labute approximate surface area is 207 Å². The van der Waals surface area contributed by atoms with Crippen molar-refractivity contribution in [1.29, 1.82) is 0 Å². The normalized spacial score (nSPS) is 11.9. The summed E-state index contributed by atoms with van der Waals surface area (Å²) in [5, 5.41) is 6.47. The fraction of sp³-hybridized carbons (Fsp3) is 0.160. The maximum atomic E-state index is 12.5. The molecule has 4 rings (SSSR count). The highest BCUT2D eigenvalue weighted by Gasteiger charge is 2.14. The van der Waals surface area contributed by atoms with E-state index in [2.05, 4.69) is 41.6 Å². The third-order valence-corrected chi connectivity index (χ3v) is 6.12. The Kier molecular flexibility index (Phi) is 6.98. The van der Waals surface area contributed by atoms with Crippen molar-refractivity contribution < 1.29 is 9.21 Å². The van der Waals surface area contributed by atoms with Crippen LogP contribution in [0.1, 0.15) is 42.1 Å². The minimum atomic E-state index is -0.429. The Morgan fingerprint density at radius 2 is 1.94 bits per heavy atom. The monoisotopic (exact) mass is 497 g/mol. The van der Waals surface area contributed by atoms with E-state index in [9.17, 15) is 4.79 Å².